The van der Waals surface area contributed by atoms with Crippen molar-refractivity contribution in [1.82, 2.24) is 15.1 Å². The molecule has 3 rings (SSSR count). The van der Waals surface area contributed by atoms with Crippen LogP contribution >= 0.6 is 23.8 Å². The SMILES string of the molecule is O=C(NC(=S)N1CCN(Cc2ccccc2)CC1)c1ccc(Cl)cc1. The van der Waals surface area contributed by atoms with Gasteiger partial charge in [-0.1, -0.05) is 41.9 Å². The third-order valence-corrected chi connectivity index (χ3v) is 4.85. The molecule has 0 aliphatic carbocycles. The number of carbonyl (C=O) groups is 1. The molecule has 1 amide bonds. The van der Waals surface area contributed by atoms with Crippen molar-refractivity contribution < 1.29 is 4.79 Å². The number of halogens is 1. The maximum absolute atomic E-state index is 12.2. The van der Waals surface area contributed by atoms with Crippen molar-refractivity contribution in [2.45, 2.75) is 6.54 Å². The summed E-state index contributed by atoms with van der Waals surface area (Å²) < 4.78 is 0. The molecule has 1 N–H and O–H groups in total. The lowest BCUT2D eigenvalue weighted by molar-refractivity contribution is 0.0969. The maximum Gasteiger partial charge on any atom is 0.257 e. The van der Waals surface area contributed by atoms with E-state index in [-0.39, 0.29) is 5.91 Å². The van der Waals surface area contributed by atoms with Gasteiger partial charge in [-0.05, 0) is 42.0 Å². The Morgan fingerprint density at radius 1 is 1.00 bits per heavy atom. The lowest BCUT2D eigenvalue weighted by atomic mass is 10.2. The van der Waals surface area contributed by atoms with Crippen molar-refractivity contribution in [1.29, 1.82) is 0 Å². The summed E-state index contributed by atoms with van der Waals surface area (Å²) in [6.07, 6.45) is 0. The summed E-state index contributed by atoms with van der Waals surface area (Å²) in [6, 6.07) is 17.2. The first-order valence-corrected chi connectivity index (χ1v) is 9.02. The Kier molecular flexibility index (Phi) is 6.02. The van der Waals surface area contributed by atoms with Gasteiger partial charge < -0.3 is 4.90 Å². The average molecular weight is 374 g/mol. The number of hydrogen-bond donors (Lipinski definition) is 1. The molecule has 0 atom stereocenters. The first kappa shape index (κ1) is 17.9. The molecule has 130 valence electrons. The van der Waals surface area contributed by atoms with Gasteiger partial charge in [0, 0.05) is 43.3 Å². The Morgan fingerprint density at radius 2 is 1.64 bits per heavy atom. The Hall–Kier alpha value is -1.95. The highest BCUT2D eigenvalue weighted by Crippen LogP contribution is 2.11. The van der Waals surface area contributed by atoms with Gasteiger partial charge >= 0.3 is 0 Å². The number of carbonyl (C=O) groups excluding carboxylic acids is 1. The van der Waals surface area contributed by atoms with Crippen LogP contribution in [0.4, 0.5) is 0 Å². The van der Waals surface area contributed by atoms with E-state index in [1.54, 1.807) is 24.3 Å². The van der Waals surface area contributed by atoms with E-state index < -0.39 is 0 Å². The molecule has 2 aromatic rings. The Bertz CT molecular complexity index is 728. The van der Waals surface area contributed by atoms with Crippen molar-refractivity contribution in [3.8, 4) is 0 Å². The zero-order valence-electron chi connectivity index (χ0n) is 13.8. The average Bonchev–Trinajstić information content (AvgIpc) is 2.63. The molecule has 2 aromatic carbocycles. The number of piperazine rings is 1. The lowest BCUT2D eigenvalue weighted by Gasteiger charge is -2.36. The van der Waals surface area contributed by atoms with Crippen molar-refractivity contribution in [3.63, 3.8) is 0 Å². The van der Waals surface area contributed by atoms with Crippen LogP contribution in [0.15, 0.2) is 54.6 Å². The van der Waals surface area contributed by atoms with Gasteiger partial charge in [0.05, 0.1) is 0 Å². The maximum atomic E-state index is 12.2. The minimum absolute atomic E-state index is 0.201. The monoisotopic (exact) mass is 373 g/mol. The number of thiocarbonyl (C=S) groups is 1. The van der Waals surface area contributed by atoms with E-state index in [4.69, 9.17) is 23.8 Å². The molecule has 0 spiro atoms. The lowest BCUT2D eigenvalue weighted by Crippen LogP contribution is -2.52. The van der Waals surface area contributed by atoms with E-state index in [1.807, 2.05) is 11.0 Å². The molecule has 0 bridgehead atoms. The van der Waals surface area contributed by atoms with E-state index in [0.717, 1.165) is 32.7 Å². The van der Waals surface area contributed by atoms with Gasteiger partial charge in [0.15, 0.2) is 5.11 Å². The normalized spacial score (nSPS) is 15.0. The summed E-state index contributed by atoms with van der Waals surface area (Å²) >= 11 is 11.2. The number of nitrogens with one attached hydrogen (secondary N) is 1. The number of hydrogen-bond acceptors (Lipinski definition) is 3. The van der Waals surface area contributed by atoms with Gasteiger partial charge in [0.25, 0.3) is 5.91 Å². The molecule has 0 saturated carbocycles. The van der Waals surface area contributed by atoms with Crippen LogP contribution in [-0.4, -0.2) is 47.0 Å². The van der Waals surface area contributed by atoms with Crippen molar-refractivity contribution in [3.05, 3.63) is 70.7 Å². The minimum atomic E-state index is -0.201. The Morgan fingerprint density at radius 3 is 2.28 bits per heavy atom. The zero-order valence-corrected chi connectivity index (χ0v) is 15.4. The van der Waals surface area contributed by atoms with Crippen LogP contribution in [0.25, 0.3) is 0 Å². The molecule has 0 radical (unpaired) electrons. The standard InChI is InChI=1S/C19H20ClN3OS/c20-17-8-6-16(7-9-17)18(24)21-19(25)23-12-10-22(11-13-23)14-15-4-2-1-3-5-15/h1-9H,10-14H2,(H,21,24,25). The van der Waals surface area contributed by atoms with Gasteiger partial charge in [0.1, 0.15) is 0 Å². The fraction of sp³-hybridized carbons (Fsp3) is 0.263. The topological polar surface area (TPSA) is 35.6 Å². The summed E-state index contributed by atoms with van der Waals surface area (Å²) in [5.74, 6) is -0.201. The van der Waals surface area contributed by atoms with Crippen LogP contribution in [0.3, 0.4) is 0 Å². The first-order valence-electron chi connectivity index (χ1n) is 8.24. The molecule has 6 heteroatoms. The second-order valence-corrected chi connectivity index (χ2v) is 6.84. The Labute approximate surface area is 158 Å². The third-order valence-electron chi connectivity index (χ3n) is 4.24. The van der Waals surface area contributed by atoms with Crippen LogP contribution in [-0.2, 0) is 6.54 Å². The molecule has 1 saturated heterocycles. The quantitative estimate of drug-likeness (QED) is 0.838. The second kappa shape index (κ2) is 8.43. The second-order valence-electron chi connectivity index (χ2n) is 6.01. The van der Waals surface area contributed by atoms with Crippen LogP contribution in [0.2, 0.25) is 5.02 Å². The highest BCUT2D eigenvalue weighted by Gasteiger charge is 2.20. The van der Waals surface area contributed by atoms with Gasteiger partial charge in [0.2, 0.25) is 0 Å². The van der Waals surface area contributed by atoms with Crippen LogP contribution < -0.4 is 5.32 Å². The van der Waals surface area contributed by atoms with E-state index in [0.29, 0.717) is 15.7 Å². The van der Waals surface area contributed by atoms with E-state index >= 15 is 0 Å². The van der Waals surface area contributed by atoms with Crippen LogP contribution in [0, 0.1) is 0 Å². The summed E-state index contributed by atoms with van der Waals surface area (Å²) in [5.41, 5.74) is 1.86. The summed E-state index contributed by atoms with van der Waals surface area (Å²) in [6.45, 7) is 4.41. The highest BCUT2D eigenvalue weighted by atomic mass is 35.5. The first-order chi connectivity index (χ1) is 12.1. The molecule has 25 heavy (non-hydrogen) atoms. The van der Waals surface area contributed by atoms with Gasteiger partial charge in [-0.3, -0.25) is 15.0 Å². The molecule has 1 fully saturated rings. The number of amides is 1. The molecule has 0 unspecified atom stereocenters. The van der Waals surface area contributed by atoms with E-state index in [1.165, 1.54) is 5.56 Å². The van der Waals surface area contributed by atoms with Crippen molar-refractivity contribution >= 4 is 34.8 Å². The number of benzene rings is 2. The predicted molar refractivity (Wildman–Crippen MR) is 105 cm³/mol. The molecular weight excluding hydrogens is 354 g/mol. The highest BCUT2D eigenvalue weighted by molar-refractivity contribution is 7.80. The molecular formula is C19H20ClN3OS. The van der Waals surface area contributed by atoms with E-state index in [2.05, 4.69) is 34.5 Å². The Balaban J connectivity index is 1.48. The summed E-state index contributed by atoms with van der Waals surface area (Å²) in [7, 11) is 0. The smallest absolute Gasteiger partial charge is 0.257 e. The largest absolute Gasteiger partial charge is 0.346 e. The predicted octanol–water partition coefficient (Wildman–Crippen LogP) is 3.17. The molecule has 1 aliphatic heterocycles. The van der Waals surface area contributed by atoms with Crippen LogP contribution in [0.5, 0.6) is 0 Å². The molecule has 0 aromatic heterocycles. The van der Waals surface area contributed by atoms with E-state index in [9.17, 15) is 4.79 Å². The molecule has 1 aliphatic rings. The number of nitrogens with zero attached hydrogens (tertiary/aromatic N) is 2. The third kappa shape index (κ3) is 5.01. The van der Waals surface area contributed by atoms with Crippen molar-refractivity contribution in [2.75, 3.05) is 26.2 Å². The fourth-order valence-electron chi connectivity index (χ4n) is 2.80. The summed E-state index contributed by atoms with van der Waals surface area (Å²) in [5, 5.41) is 3.90. The minimum Gasteiger partial charge on any atom is -0.346 e. The number of rotatable bonds is 3. The van der Waals surface area contributed by atoms with Gasteiger partial charge in [-0.2, -0.15) is 0 Å². The fourth-order valence-corrected chi connectivity index (χ4v) is 3.20. The zero-order chi connectivity index (χ0) is 17.6. The van der Waals surface area contributed by atoms with Gasteiger partial charge in [-0.25, -0.2) is 0 Å². The summed E-state index contributed by atoms with van der Waals surface area (Å²) in [4.78, 5) is 16.7. The van der Waals surface area contributed by atoms with Crippen molar-refractivity contribution in [2.24, 2.45) is 0 Å². The van der Waals surface area contributed by atoms with Gasteiger partial charge in [-0.15, -0.1) is 0 Å². The molecule has 4 nitrogen and oxygen atoms in total. The molecule has 1 heterocycles. The van der Waals surface area contributed by atoms with Crippen LogP contribution in [0.1, 0.15) is 15.9 Å².